The van der Waals surface area contributed by atoms with Gasteiger partial charge in [0.2, 0.25) is 12.7 Å². The van der Waals surface area contributed by atoms with Crippen LogP contribution in [0.3, 0.4) is 0 Å². The Bertz CT molecular complexity index is 1150. The van der Waals surface area contributed by atoms with Crippen LogP contribution in [0.15, 0.2) is 66.7 Å². The lowest BCUT2D eigenvalue weighted by Crippen LogP contribution is -2.32. The summed E-state index contributed by atoms with van der Waals surface area (Å²) in [5.41, 5.74) is 2.66. The predicted octanol–water partition coefficient (Wildman–Crippen LogP) is 3.77. The summed E-state index contributed by atoms with van der Waals surface area (Å²) in [5, 5.41) is 8.76. The van der Waals surface area contributed by atoms with Gasteiger partial charge >= 0.3 is 0 Å². The number of hydrogen-bond donors (Lipinski definition) is 3. The van der Waals surface area contributed by atoms with Crippen molar-refractivity contribution in [1.82, 2.24) is 10.6 Å². The molecule has 0 aliphatic carbocycles. The second-order valence-corrected chi connectivity index (χ2v) is 7.61. The van der Waals surface area contributed by atoms with Crippen molar-refractivity contribution < 1.29 is 23.5 Å². The molecule has 3 N–H and O–H groups in total. The number of amides is 2. The molecule has 1 atom stereocenters. The Morgan fingerprint density at radius 2 is 1.76 bits per heavy atom. The van der Waals surface area contributed by atoms with Crippen LogP contribution in [0.25, 0.3) is 0 Å². The molecular formula is C25H24FN3O4. The number of rotatable bonds is 8. The van der Waals surface area contributed by atoms with Gasteiger partial charge in [-0.3, -0.25) is 9.59 Å². The van der Waals surface area contributed by atoms with Gasteiger partial charge in [0.1, 0.15) is 5.82 Å². The molecule has 170 valence electrons. The summed E-state index contributed by atoms with van der Waals surface area (Å²) >= 11 is 0. The zero-order chi connectivity index (χ0) is 23.2. The molecule has 0 spiro atoms. The summed E-state index contributed by atoms with van der Waals surface area (Å²) in [6, 6.07) is 18.2. The van der Waals surface area contributed by atoms with Crippen LogP contribution in [-0.4, -0.2) is 25.2 Å². The number of fused-ring (bicyclic) bond motifs is 1. The number of para-hydroxylation sites is 1. The maximum absolute atomic E-state index is 13.1. The summed E-state index contributed by atoms with van der Waals surface area (Å²) in [5.74, 6) is 0.502. The van der Waals surface area contributed by atoms with Crippen molar-refractivity contribution in [1.29, 1.82) is 0 Å². The standard InChI is InChI=1S/C25H24FN3O4/c1-16(18-7-9-19(26)10-8-18)29-24(30)14-27-21-5-3-2-4-20(21)25(31)28-13-17-6-11-22-23(12-17)33-15-32-22/h2-12,16,27H,13-15H2,1H3,(H,28,31)(H,29,30). The Labute approximate surface area is 190 Å². The Balaban J connectivity index is 1.32. The maximum Gasteiger partial charge on any atom is 0.253 e. The van der Waals surface area contributed by atoms with E-state index >= 15 is 0 Å². The van der Waals surface area contributed by atoms with Gasteiger partial charge in [-0.15, -0.1) is 0 Å². The van der Waals surface area contributed by atoms with E-state index < -0.39 is 0 Å². The molecule has 33 heavy (non-hydrogen) atoms. The van der Waals surface area contributed by atoms with E-state index in [1.54, 1.807) is 36.4 Å². The van der Waals surface area contributed by atoms with Crippen molar-refractivity contribution in [2.45, 2.75) is 19.5 Å². The van der Waals surface area contributed by atoms with Crippen molar-refractivity contribution in [3.63, 3.8) is 0 Å². The Kier molecular flexibility index (Phi) is 6.73. The first-order valence-corrected chi connectivity index (χ1v) is 10.5. The van der Waals surface area contributed by atoms with Crippen molar-refractivity contribution in [3.8, 4) is 11.5 Å². The van der Waals surface area contributed by atoms with E-state index in [0.717, 1.165) is 11.1 Å². The monoisotopic (exact) mass is 449 g/mol. The third-order valence-electron chi connectivity index (χ3n) is 5.25. The number of halogens is 1. The van der Waals surface area contributed by atoms with Crippen LogP contribution in [0.2, 0.25) is 0 Å². The fourth-order valence-electron chi connectivity index (χ4n) is 3.47. The fraction of sp³-hybridized carbons (Fsp3) is 0.200. The van der Waals surface area contributed by atoms with E-state index in [9.17, 15) is 14.0 Å². The van der Waals surface area contributed by atoms with Crippen LogP contribution in [0, 0.1) is 5.82 Å². The summed E-state index contributed by atoms with van der Waals surface area (Å²) in [7, 11) is 0. The van der Waals surface area contributed by atoms with Crippen LogP contribution in [-0.2, 0) is 11.3 Å². The predicted molar refractivity (Wildman–Crippen MR) is 122 cm³/mol. The van der Waals surface area contributed by atoms with Crippen LogP contribution in [0.1, 0.15) is 34.5 Å². The highest BCUT2D eigenvalue weighted by Gasteiger charge is 2.16. The molecule has 0 aromatic heterocycles. The summed E-state index contributed by atoms with van der Waals surface area (Å²) < 4.78 is 23.8. The van der Waals surface area contributed by atoms with Gasteiger partial charge in [-0.05, 0) is 54.4 Å². The van der Waals surface area contributed by atoms with E-state index in [1.165, 1.54) is 12.1 Å². The minimum absolute atomic E-state index is 0.0159. The molecule has 0 saturated carbocycles. The smallest absolute Gasteiger partial charge is 0.253 e. The average Bonchev–Trinajstić information content (AvgIpc) is 3.30. The first kappa shape index (κ1) is 22.1. The van der Waals surface area contributed by atoms with Gasteiger partial charge in [-0.2, -0.15) is 0 Å². The highest BCUT2D eigenvalue weighted by atomic mass is 19.1. The Hall–Kier alpha value is -4.07. The van der Waals surface area contributed by atoms with Crippen LogP contribution < -0.4 is 25.4 Å². The van der Waals surface area contributed by atoms with Crippen LogP contribution in [0.5, 0.6) is 11.5 Å². The van der Waals surface area contributed by atoms with Gasteiger partial charge in [0.25, 0.3) is 5.91 Å². The van der Waals surface area contributed by atoms with Crippen molar-refractivity contribution in [2.24, 2.45) is 0 Å². The second-order valence-electron chi connectivity index (χ2n) is 7.61. The van der Waals surface area contributed by atoms with E-state index in [-0.39, 0.29) is 37.0 Å². The van der Waals surface area contributed by atoms with Gasteiger partial charge in [-0.1, -0.05) is 30.3 Å². The van der Waals surface area contributed by atoms with E-state index in [2.05, 4.69) is 16.0 Å². The molecular weight excluding hydrogens is 425 g/mol. The molecule has 1 aliphatic rings. The third kappa shape index (κ3) is 5.60. The number of benzene rings is 3. The average molecular weight is 449 g/mol. The highest BCUT2D eigenvalue weighted by Crippen LogP contribution is 2.32. The normalized spacial score (nSPS) is 12.7. The third-order valence-corrected chi connectivity index (χ3v) is 5.25. The van der Waals surface area contributed by atoms with E-state index in [0.29, 0.717) is 29.3 Å². The van der Waals surface area contributed by atoms with E-state index in [1.807, 2.05) is 25.1 Å². The number of carbonyl (C=O) groups excluding carboxylic acids is 2. The lowest BCUT2D eigenvalue weighted by atomic mass is 10.1. The SMILES string of the molecule is CC(NC(=O)CNc1ccccc1C(=O)NCc1ccc2c(c1)OCO2)c1ccc(F)cc1. The molecule has 0 radical (unpaired) electrons. The zero-order valence-corrected chi connectivity index (χ0v) is 18.1. The highest BCUT2D eigenvalue weighted by molar-refractivity contribution is 6.00. The number of carbonyl (C=O) groups is 2. The molecule has 1 aliphatic heterocycles. The molecule has 0 bridgehead atoms. The number of hydrogen-bond acceptors (Lipinski definition) is 5. The molecule has 0 fully saturated rings. The van der Waals surface area contributed by atoms with Gasteiger partial charge in [0.15, 0.2) is 11.5 Å². The summed E-state index contributed by atoms with van der Waals surface area (Å²) in [6.45, 7) is 2.32. The van der Waals surface area contributed by atoms with Gasteiger partial charge in [-0.25, -0.2) is 4.39 Å². The summed E-state index contributed by atoms with van der Waals surface area (Å²) in [6.07, 6.45) is 0. The number of nitrogens with one attached hydrogen (secondary N) is 3. The van der Waals surface area contributed by atoms with E-state index in [4.69, 9.17) is 9.47 Å². The second kappa shape index (κ2) is 10.0. The Morgan fingerprint density at radius 3 is 2.58 bits per heavy atom. The molecule has 7 nitrogen and oxygen atoms in total. The maximum atomic E-state index is 13.1. The van der Waals surface area contributed by atoms with Gasteiger partial charge in [0, 0.05) is 12.2 Å². The lowest BCUT2D eigenvalue weighted by molar-refractivity contribution is -0.120. The van der Waals surface area contributed by atoms with Gasteiger partial charge in [0.05, 0.1) is 18.2 Å². The number of anilines is 1. The molecule has 3 aromatic carbocycles. The topological polar surface area (TPSA) is 88.7 Å². The van der Waals surface area contributed by atoms with Crippen LogP contribution in [0.4, 0.5) is 10.1 Å². The largest absolute Gasteiger partial charge is 0.454 e. The zero-order valence-electron chi connectivity index (χ0n) is 18.1. The fourth-order valence-corrected chi connectivity index (χ4v) is 3.47. The molecule has 1 heterocycles. The lowest BCUT2D eigenvalue weighted by Gasteiger charge is -2.16. The quantitative estimate of drug-likeness (QED) is 0.487. The minimum Gasteiger partial charge on any atom is -0.454 e. The van der Waals surface area contributed by atoms with Crippen molar-refractivity contribution in [3.05, 3.63) is 89.2 Å². The van der Waals surface area contributed by atoms with Crippen molar-refractivity contribution in [2.75, 3.05) is 18.7 Å². The van der Waals surface area contributed by atoms with Gasteiger partial charge < -0.3 is 25.4 Å². The molecule has 4 rings (SSSR count). The molecule has 1 unspecified atom stereocenters. The first-order valence-electron chi connectivity index (χ1n) is 10.5. The Morgan fingerprint density at radius 1 is 1.00 bits per heavy atom. The minimum atomic E-state index is -0.327. The summed E-state index contributed by atoms with van der Waals surface area (Å²) in [4.78, 5) is 25.2. The molecule has 3 aromatic rings. The number of ether oxygens (including phenoxy) is 2. The first-order chi connectivity index (χ1) is 16.0. The molecule has 8 heteroatoms. The molecule has 2 amide bonds. The van der Waals surface area contributed by atoms with Crippen molar-refractivity contribution >= 4 is 17.5 Å². The molecule has 0 saturated heterocycles. The van der Waals surface area contributed by atoms with Crippen LogP contribution >= 0.6 is 0 Å².